The number of nitrogens with zero attached hydrogens (tertiary/aromatic N) is 3. The average molecular weight is 248 g/mol. The monoisotopic (exact) mass is 248 g/mol. The van der Waals surface area contributed by atoms with Crippen molar-refractivity contribution in [2.45, 2.75) is 52.5 Å². The van der Waals surface area contributed by atoms with E-state index in [0.29, 0.717) is 6.04 Å². The normalized spacial score (nSPS) is 19.3. The van der Waals surface area contributed by atoms with Crippen LogP contribution in [-0.4, -0.2) is 29.1 Å². The van der Waals surface area contributed by atoms with Crippen molar-refractivity contribution >= 4 is 11.6 Å². The molecule has 0 amide bonds. The van der Waals surface area contributed by atoms with Crippen LogP contribution in [0.5, 0.6) is 0 Å². The van der Waals surface area contributed by atoms with E-state index < -0.39 is 0 Å². The molecule has 0 aromatic carbocycles. The standard InChI is InChI=1S/C14H24N4/c1-4-7-12-13(15-5-2)16-10-17-14(12)18-9-6-8-11(18)3/h10-11H,4-9H2,1-3H3,(H,15,16,17). The largest absolute Gasteiger partial charge is 0.370 e. The second-order valence-corrected chi connectivity index (χ2v) is 4.99. The zero-order chi connectivity index (χ0) is 13.0. The van der Waals surface area contributed by atoms with E-state index in [2.05, 4.69) is 41.0 Å². The fourth-order valence-electron chi connectivity index (χ4n) is 2.70. The molecule has 4 heteroatoms. The lowest BCUT2D eigenvalue weighted by atomic mass is 10.1. The minimum absolute atomic E-state index is 0.602. The second kappa shape index (κ2) is 6.03. The van der Waals surface area contributed by atoms with Crippen LogP contribution in [0.3, 0.4) is 0 Å². The summed E-state index contributed by atoms with van der Waals surface area (Å²) in [5.74, 6) is 2.16. The molecule has 1 fully saturated rings. The molecule has 18 heavy (non-hydrogen) atoms. The molecule has 100 valence electrons. The number of hydrogen-bond acceptors (Lipinski definition) is 4. The summed E-state index contributed by atoms with van der Waals surface area (Å²) >= 11 is 0. The van der Waals surface area contributed by atoms with Crippen LogP contribution in [0.1, 0.15) is 45.6 Å². The highest BCUT2D eigenvalue weighted by atomic mass is 15.2. The Hall–Kier alpha value is -1.32. The van der Waals surface area contributed by atoms with Crippen molar-refractivity contribution in [3.63, 3.8) is 0 Å². The molecule has 0 saturated carbocycles. The quantitative estimate of drug-likeness (QED) is 0.870. The fourth-order valence-corrected chi connectivity index (χ4v) is 2.70. The summed E-state index contributed by atoms with van der Waals surface area (Å²) in [6.45, 7) is 8.64. The second-order valence-electron chi connectivity index (χ2n) is 4.99. The molecule has 1 aromatic rings. The lowest BCUT2D eigenvalue weighted by molar-refractivity contribution is 0.719. The van der Waals surface area contributed by atoms with Gasteiger partial charge in [-0.25, -0.2) is 9.97 Å². The van der Waals surface area contributed by atoms with Crippen LogP contribution in [0.4, 0.5) is 11.6 Å². The molecule has 2 heterocycles. The highest BCUT2D eigenvalue weighted by Crippen LogP contribution is 2.30. The predicted octanol–water partition coefficient (Wildman–Crippen LogP) is 2.85. The van der Waals surface area contributed by atoms with Gasteiger partial charge in [-0.3, -0.25) is 0 Å². The van der Waals surface area contributed by atoms with Gasteiger partial charge < -0.3 is 10.2 Å². The van der Waals surface area contributed by atoms with Gasteiger partial charge in [0, 0.05) is 24.7 Å². The maximum atomic E-state index is 4.55. The number of aromatic nitrogens is 2. The Morgan fingerprint density at radius 2 is 2.22 bits per heavy atom. The molecular formula is C14H24N4. The topological polar surface area (TPSA) is 41.1 Å². The van der Waals surface area contributed by atoms with Gasteiger partial charge in [0.1, 0.15) is 18.0 Å². The lowest BCUT2D eigenvalue weighted by Gasteiger charge is -2.26. The molecule has 1 N–H and O–H groups in total. The van der Waals surface area contributed by atoms with Crippen molar-refractivity contribution < 1.29 is 0 Å². The van der Waals surface area contributed by atoms with Crippen LogP contribution in [0.2, 0.25) is 0 Å². The third-order valence-electron chi connectivity index (χ3n) is 3.59. The number of nitrogens with one attached hydrogen (secondary N) is 1. The first-order valence-electron chi connectivity index (χ1n) is 7.12. The number of rotatable bonds is 5. The Bertz CT molecular complexity index is 391. The van der Waals surface area contributed by atoms with Crippen molar-refractivity contribution in [2.75, 3.05) is 23.3 Å². The summed E-state index contributed by atoms with van der Waals surface area (Å²) in [7, 11) is 0. The van der Waals surface area contributed by atoms with Gasteiger partial charge in [0.05, 0.1) is 0 Å². The number of hydrogen-bond donors (Lipinski definition) is 1. The maximum Gasteiger partial charge on any atom is 0.137 e. The van der Waals surface area contributed by atoms with E-state index in [1.165, 1.54) is 18.4 Å². The third kappa shape index (κ3) is 2.57. The first-order chi connectivity index (χ1) is 8.77. The van der Waals surface area contributed by atoms with E-state index in [1.54, 1.807) is 6.33 Å². The molecule has 0 bridgehead atoms. The highest BCUT2D eigenvalue weighted by Gasteiger charge is 2.25. The van der Waals surface area contributed by atoms with Crippen LogP contribution in [0.15, 0.2) is 6.33 Å². The summed E-state index contributed by atoms with van der Waals surface area (Å²) in [4.78, 5) is 11.4. The Morgan fingerprint density at radius 3 is 2.83 bits per heavy atom. The van der Waals surface area contributed by atoms with Gasteiger partial charge in [-0.05, 0) is 33.1 Å². The van der Waals surface area contributed by atoms with Gasteiger partial charge in [0.25, 0.3) is 0 Å². The lowest BCUT2D eigenvalue weighted by Crippen LogP contribution is -2.29. The highest BCUT2D eigenvalue weighted by molar-refractivity contribution is 5.59. The van der Waals surface area contributed by atoms with Crippen molar-refractivity contribution in [3.8, 4) is 0 Å². The molecule has 1 unspecified atom stereocenters. The molecule has 1 atom stereocenters. The van der Waals surface area contributed by atoms with Crippen LogP contribution in [-0.2, 0) is 6.42 Å². The first kappa shape index (κ1) is 13.1. The average Bonchev–Trinajstić information content (AvgIpc) is 2.78. The maximum absolute atomic E-state index is 4.55. The number of anilines is 2. The van der Waals surface area contributed by atoms with E-state index in [-0.39, 0.29) is 0 Å². The summed E-state index contributed by atoms with van der Waals surface area (Å²) in [6, 6.07) is 0.602. The van der Waals surface area contributed by atoms with Crippen LogP contribution >= 0.6 is 0 Å². The molecule has 1 aliphatic rings. The zero-order valence-electron chi connectivity index (χ0n) is 11.7. The van der Waals surface area contributed by atoms with Crippen molar-refractivity contribution in [1.82, 2.24) is 9.97 Å². The van der Waals surface area contributed by atoms with Crippen LogP contribution in [0, 0.1) is 0 Å². The van der Waals surface area contributed by atoms with Crippen molar-refractivity contribution in [2.24, 2.45) is 0 Å². The predicted molar refractivity (Wildman–Crippen MR) is 76.2 cm³/mol. The molecular weight excluding hydrogens is 224 g/mol. The van der Waals surface area contributed by atoms with Crippen molar-refractivity contribution in [1.29, 1.82) is 0 Å². The summed E-state index contributed by atoms with van der Waals surface area (Å²) in [6.07, 6.45) is 6.40. The minimum atomic E-state index is 0.602. The third-order valence-corrected chi connectivity index (χ3v) is 3.59. The Morgan fingerprint density at radius 1 is 1.39 bits per heavy atom. The Balaban J connectivity index is 2.35. The zero-order valence-corrected chi connectivity index (χ0v) is 11.7. The van der Waals surface area contributed by atoms with E-state index in [4.69, 9.17) is 0 Å². The molecule has 4 nitrogen and oxygen atoms in total. The molecule has 0 radical (unpaired) electrons. The Kier molecular flexibility index (Phi) is 4.39. The van der Waals surface area contributed by atoms with E-state index in [1.807, 2.05) is 0 Å². The fraction of sp³-hybridized carbons (Fsp3) is 0.714. The molecule has 0 aliphatic carbocycles. The van der Waals surface area contributed by atoms with E-state index in [9.17, 15) is 0 Å². The van der Waals surface area contributed by atoms with Gasteiger partial charge in [-0.1, -0.05) is 13.3 Å². The van der Waals surface area contributed by atoms with Gasteiger partial charge in [0.2, 0.25) is 0 Å². The molecule has 0 spiro atoms. The van der Waals surface area contributed by atoms with E-state index >= 15 is 0 Å². The molecule has 1 saturated heterocycles. The van der Waals surface area contributed by atoms with Gasteiger partial charge in [-0.2, -0.15) is 0 Å². The van der Waals surface area contributed by atoms with Crippen molar-refractivity contribution in [3.05, 3.63) is 11.9 Å². The first-order valence-corrected chi connectivity index (χ1v) is 7.12. The van der Waals surface area contributed by atoms with Crippen LogP contribution < -0.4 is 10.2 Å². The molecule has 1 aromatic heterocycles. The summed E-state index contributed by atoms with van der Waals surface area (Å²) in [5, 5.41) is 3.36. The van der Waals surface area contributed by atoms with Crippen LogP contribution in [0.25, 0.3) is 0 Å². The molecule has 1 aliphatic heterocycles. The molecule has 2 rings (SSSR count). The van der Waals surface area contributed by atoms with Gasteiger partial charge >= 0.3 is 0 Å². The summed E-state index contributed by atoms with van der Waals surface area (Å²) in [5.41, 5.74) is 1.29. The SMILES string of the molecule is CCCc1c(NCC)ncnc1N1CCCC1C. The van der Waals surface area contributed by atoms with Gasteiger partial charge in [0.15, 0.2) is 0 Å². The van der Waals surface area contributed by atoms with Gasteiger partial charge in [-0.15, -0.1) is 0 Å². The smallest absolute Gasteiger partial charge is 0.137 e. The minimum Gasteiger partial charge on any atom is -0.370 e. The van der Waals surface area contributed by atoms with E-state index in [0.717, 1.165) is 37.6 Å². The Labute approximate surface area is 110 Å². The summed E-state index contributed by atoms with van der Waals surface area (Å²) < 4.78 is 0.